The second-order valence-electron chi connectivity index (χ2n) is 2.76. The molecule has 3 heteroatoms. The van der Waals surface area contributed by atoms with Crippen molar-refractivity contribution in [1.29, 1.82) is 0 Å². The summed E-state index contributed by atoms with van der Waals surface area (Å²) in [6.07, 6.45) is 0. The molecule has 1 heterocycles. The molecule has 0 radical (unpaired) electrons. The lowest BCUT2D eigenvalue weighted by molar-refractivity contribution is 0.693. The van der Waals surface area contributed by atoms with Crippen LogP contribution in [0.5, 0.6) is 0 Å². The third-order valence-electron chi connectivity index (χ3n) is 1.26. The van der Waals surface area contributed by atoms with E-state index in [1.54, 1.807) is 10.8 Å². The van der Waals surface area contributed by atoms with Crippen molar-refractivity contribution in [3.8, 4) is 0 Å². The molecule has 0 atom stereocenters. The van der Waals surface area contributed by atoms with Gasteiger partial charge in [-0.05, 0) is 10.8 Å². The number of hydrogen-bond acceptors (Lipinski definition) is 1. The average Bonchev–Trinajstić information content (AvgIpc) is 1.78. The summed E-state index contributed by atoms with van der Waals surface area (Å²) >= 11 is 0. The van der Waals surface area contributed by atoms with E-state index in [0.29, 0.717) is 0 Å². The zero-order valence-electron chi connectivity index (χ0n) is 5.63. The Hall–Kier alpha value is -0.153. The Morgan fingerprint density at radius 3 is 2.00 bits per heavy atom. The van der Waals surface area contributed by atoms with Crippen LogP contribution in [0.25, 0.3) is 0 Å². The Morgan fingerprint density at radius 1 is 1.22 bits per heavy atom. The van der Waals surface area contributed by atoms with Crippen molar-refractivity contribution < 1.29 is 4.21 Å². The molecule has 0 N–H and O–H groups in total. The average molecular weight is 158 g/mol. The van der Waals surface area contributed by atoms with E-state index >= 15 is 0 Å². The fourth-order valence-electron chi connectivity index (χ4n) is 0.586. The fourth-order valence-corrected chi connectivity index (χ4v) is 4.67. The molecule has 0 aliphatic carbocycles. The smallest absolute Gasteiger partial charge is 0.0968 e. The van der Waals surface area contributed by atoms with E-state index in [1.165, 1.54) is 0 Å². The summed E-state index contributed by atoms with van der Waals surface area (Å²) in [5.41, 5.74) is 4.20. The Bertz CT molecular complexity index is 175. The standard InChI is InChI=1S/C6H10OSSi/c1-9(2)5-3-8(7)4-6-9/h3-6H,1-2H3. The van der Waals surface area contributed by atoms with Gasteiger partial charge in [0.15, 0.2) is 0 Å². The van der Waals surface area contributed by atoms with Gasteiger partial charge >= 0.3 is 0 Å². The molecule has 0 bridgehead atoms. The van der Waals surface area contributed by atoms with Crippen molar-refractivity contribution in [2.24, 2.45) is 0 Å². The molecule has 9 heavy (non-hydrogen) atoms. The molecule has 0 aromatic rings. The maximum absolute atomic E-state index is 10.7. The van der Waals surface area contributed by atoms with Gasteiger partial charge < -0.3 is 0 Å². The van der Waals surface area contributed by atoms with E-state index in [-0.39, 0.29) is 0 Å². The molecule has 0 spiro atoms. The maximum atomic E-state index is 10.7. The van der Waals surface area contributed by atoms with Gasteiger partial charge in [-0.1, -0.05) is 24.5 Å². The summed E-state index contributed by atoms with van der Waals surface area (Å²) in [5, 5.41) is 3.57. The largest absolute Gasteiger partial charge is 0.250 e. The SMILES string of the molecule is C[Si]1(C)C=CS(=O)C=C1. The highest BCUT2D eigenvalue weighted by Crippen LogP contribution is 2.11. The molecule has 0 saturated heterocycles. The monoisotopic (exact) mass is 158 g/mol. The molecule has 1 aliphatic heterocycles. The van der Waals surface area contributed by atoms with Gasteiger partial charge in [-0.3, -0.25) is 4.21 Å². The topological polar surface area (TPSA) is 17.1 Å². The predicted molar refractivity (Wildman–Crippen MR) is 43.9 cm³/mol. The minimum atomic E-state index is -1.19. The number of hydrogen-bond donors (Lipinski definition) is 0. The van der Waals surface area contributed by atoms with Gasteiger partial charge in [0.05, 0.1) is 18.9 Å². The van der Waals surface area contributed by atoms with Crippen LogP contribution in [0.1, 0.15) is 0 Å². The van der Waals surface area contributed by atoms with Crippen molar-refractivity contribution in [2.75, 3.05) is 0 Å². The summed E-state index contributed by atoms with van der Waals surface area (Å²) in [7, 11) is -2.00. The van der Waals surface area contributed by atoms with Crippen LogP contribution in [-0.2, 0) is 10.8 Å². The Morgan fingerprint density at radius 2 is 1.67 bits per heavy atom. The fraction of sp³-hybridized carbons (Fsp3) is 0.333. The van der Waals surface area contributed by atoms with Crippen LogP contribution < -0.4 is 0 Å². The molecule has 50 valence electrons. The van der Waals surface area contributed by atoms with Gasteiger partial charge in [0.25, 0.3) is 0 Å². The number of rotatable bonds is 0. The molecule has 1 nitrogen and oxygen atoms in total. The van der Waals surface area contributed by atoms with Crippen LogP contribution in [0, 0.1) is 0 Å². The van der Waals surface area contributed by atoms with Gasteiger partial charge in [0.2, 0.25) is 0 Å². The van der Waals surface area contributed by atoms with Crippen molar-refractivity contribution in [3.05, 3.63) is 22.2 Å². The molecule has 0 unspecified atom stereocenters. The van der Waals surface area contributed by atoms with Crippen molar-refractivity contribution in [3.63, 3.8) is 0 Å². The minimum Gasteiger partial charge on any atom is -0.250 e. The van der Waals surface area contributed by atoms with Crippen LogP contribution in [0.4, 0.5) is 0 Å². The highest BCUT2D eigenvalue weighted by Gasteiger charge is 2.15. The highest BCUT2D eigenvalue weighted by atomic mass is 32.2. The molecule has 1 aliphatic rings. The molecular formula is C6H10OSSi. The maximum Gasteiger partial charge on any atom is 0.0968 e. The van der Waals surface area contributed by atoms with E-state index in [1.807, 2.05) is 0 Å². The molecular weight excluding hydrogens is 148 g/mol. The molecule has 0 aromatic carbocycles. The van der Waals surface area contributed by atoms with E-state index in [9.17, 15) is 4.21 Å². The Balaban J connectivity index is 2.82. The molecule has 0 saturated carbocycles. The van der Waals surface area contributed by atoms with Crippen molar-refractivity contribution >= 4 is 18.9 Å². The normalized spacial score (nSPS) is 24.7. The van der Waals surface area contributed by atoms with Gasteiger partial charge in [-0.15, -0.1) is 0 Å². The molecule has 0 fully saturated rings. The first-order valence-corrected chi connectivity index (χ1v) is 7.31. The van der Waals surface area contributed by atoms with Gasteiger partial charge in [0, 0.05) is 0 Å². The Labute approximate surface area is 58.9 Å². The Kier molecular flexibility index (Phi) is 1.72. The summed E-state index contributed by atoms with van der Waals surface area (Å²) in [6.45, 7) is 4.44. The highest BCUT2D eigenvalue weighted by molar-refractivity contribution is 7.91. The first kappa shape index (κ1) is 6.96. The summed E-state index contributed by atoms with van der Waals surface area (Å²) in [6, 6.07) is 0. The first-order valence-electron chi connectivity index (χ1n) is 2.88. The first-order chi connectivity index (χ1) is 4.10. The van der Waals surface area contributed by atoms with Crippen LogP contribution in [0.15, 0.2) is 22.2 Å². The summed E-state index contributed by atoms with van der Waals surface area (Å²) in [4.78, 5) is 0. The van der Waals surface area contributed by atoms with Crippen LogP contribution in [0.3, 0.4) is 0 Å². The summed E-state index contributed by atoms with van der Waals surface area (Å²) < 4.78 is 10.7. The van der Waals surface area contributed by atoms with E-state index in [4.69, 9.17) is 0 Å². The quantitative estimate of drug-likeness (QED) is 0.489. The second kappa shape index (κ2) is 2.23. The van der Waals surface area contributed by atoms with Gasteiger partial charge in [-0.25, -0.2) is 0 Å². The van der Waals surface area contributed by atoms with Gasteiger partial charge in [0.1, 0.15) is 0 Å². The zero-order valence-corrected chi connectivity index (χ0v) is 7.44. The van der Waals surface area contributed by atoms with Gasteiger partial charge in [-0.2, -0.15) is 0 Å². The predicted octanol–water partition coefficient (Wildman–Crippen LogP) is 1.56. The lowest BCUT2D eigenvalue weighted by Gasteiger charge is -2.13. The summed E-state index contributed by atoms with van der Waals surface area (Å²) in [5.74, 6) is 0. The molecule has 0 aromatic heterocycles. The van der Waals surface area contributed by atoms with Crippen molar-refractivity contribution in [2.45, 2.75) is 13.1 Å². The molecule has 1 rings (SSSR count). The van der Waals surface area contributed by atoms with E-state index in [2.05, 4.69) is 24.5 Å². The molecule has 0 amide bonds. The lowest BCUT2D eigenvalue weighted by Crippen LogP contribution is -2.21. The minimum absolute atomic E-state index is 0.813. The van der Waals surface area contributed by atoms with Crippen LogP contribution >= 0.6 is 0 Å². The lowest BCUT2D eigenvalue weighted by atomic mass is 11.2. The van der Waals surface area contributed by atoms with Crippen LogP contribution in [-0.4, -0.2) is 12.3 Å². The van der Waals surface area contributed by atoms with Crippen LogP contribution in [0.2, 0.25) is 13.1 Å². The second-order valence-corrected chi connectivity index (χ2v) is 8.27. The third-order valence-corrected chi connectivity index (χ3v) is 4.61. The van der Waals surface area contributed by atoms with Crippen molar-refractivity contribution in [1.82, 2.24) is 0 Å². The van der Waals surface area contributed by atoms with E-state index < -0.39 is 18.9 Å². The zero-order chi connectivity index (χ0) is 6.91. The van der Waals surface area contributed by atoms with E-state index in [0.717, 1.165) is 0 Å². The third kappa shape index (κ3) is 1.91.